The fourth-order valence-electron chi connectivity index (χ4n) is 3.02. The summed E-state index contributed by atoms with van der Waals surface area (Å²) in [6.45, 7) is 1.83. The predicted octanol–water partition coefficient (Wildman–Crippen LogP) is 2.48. The maximum absolute atomic E-state index is 13.0. The maximum atomic E-state index is 13.0. The summed E-state index contributed by atoms with van der Waals surface area (Å²) in [5.41, 5.74) is -0.339. The summed E-state index contributed by atoms with van der Waals surface area (Å²) in [7, 11) is 0. The number of amides is 1. The molecule has 1 aromatic carbocycles. The summed E-state index contributed by atoms with van der Waals surface area (Å²) in [4.78, 5) is 12.0. The lowest BCUT2D eigenvalue weighted by atomic mass is 10.0. The van der Waals surface area contributed by atoms with Crippen molar-refractivity contribution in [2.45, 2.75) is 37.0 Å². The number of carbonyl (C=O) groups excluding carboxylic acids is 1. The number of halogens is 4. The molecule has 8 heteroatoms. The van der Waals surface area contributed by atoms with Gasteiger partial charge in [-0.2, -0.15) is 13.2 Å². The SMILES string of the molecule is Cl.O=C(CC1COCCN1)NC1CC1c1ccccc1C(F)(F)F. The van der Waals surface area contributed by atoms with Crippen molar-refractivity contribution >= 4 is 18.3 Å². The minimum Gasteiger partial charge on any atom is -0.378 e. The third kappa shape index (κ3) is 4.62. The number of hydrogen-bond donors (Lipinski definition) is 2. The van der Waals surface area contributed by atoms with E-state index in [2.05, 4.69) is 10.6 Å². The molecule has 0 spiro atoms. The van der Waals surface area contributed by atoms with Crippen molar-refractivity contribution in [3.63, 3.8) is 0 Å². The van der Waals surface area contributed by atoms with Gasteiger partial charge in [-0.15, -0.1) is 12.4 Å². The molecule has 1 amide bonds. The first-order valence-electron chi connectivity index (χ1n) is 7.72. The van der Waals surface area contributed by atoms with Crippen molar-refractivity contribution in [3.05, 3.63) is 35.4 Å². The molecule has 1 aromatic rings. The number of benzene rings is 1. The highest BCUT2D eigenvalue weighted by atomic mass is 35.5. The van der Waals surface area contributed by atoms with Crippen LogP contribution in [0.3, 0.4) is 0 Å². The lowest BCUT2D eigenvalue weighted by Crippen LogP contribution is -2.44. The Bertz CT molecular complexity index is 577. The molecule has 0 bridgehead atoms. The molecule has 1 saturated carbocycles. The zero-order valence-corrected chi connectivity index (χ0v) is 13.8. The molecule has 0 radical (unpaired) electrons. The average molecular weight is 365 g/mol. The topological polar surface area (TPSA) is 50.4 Å². The molecule has 24 heavy (non-hydrogen) atoms. The summed E-state index contributed by atoms with van der Waals surface area (Å²) in [5, 5.41) is 6.01. The van der Waals surface area contributed by atoms with Crippen molar-refractivity contribution in [1.29, 1.82) is 0 Å². The molecule has 4 nitrogen and oxygen atoms in total. The van der Waals surface area contributed by atoms with Crippen LogP contribution in [0.25, 0.3) is 0 Å². The van der Waals surface area contributed by atoms with Gasteiger partial charge in [-0.3, -0.25) is 4.79 Å². The van der Waals surface area contributed by atoms with E-state index in [1.54, 1.807) is 6.07 Å². The number of alkyl halides is 3. The average Bonchev–Trinajstić information content (AvgIpc) is 3.26. The van der Waals surface area contributed by atoms with Crippen molar-refractivity contribution in [1.82, 2.24) is 10.6 Å². The zero-order valence-electron chi connectivity index (χ0n) is 12.9. The normalized spacial score (nSPS) is 26.4. The third-order valence-corrected chi connectivity index (χ3v) is 4.23. The number of rotatable bonds is 4. The van der Waals surface area contributed by atoms with Crippen molar-refractivity contribution in [3.8, 4) is 0 Å². The summed E-state index contributed by atoms with van der Waals surface area (Å²) in [5.74, 6) is -0.405. The Labute approximate surface area is 144 Å². The van der Waals surface area contributed by atoms with Crippen molar-refractivity contribution in [2.24, 2.45) is 0 Å². The molecule has 0 aromatic heterocycles. The van der Waals surface area contributed by atoms with E-state index in [0.717, 1.165) is 6.07 Å². The lowest BCUT2D eigenvalue weighted by molar-refractivity contribution is -0.138. The first-order chi connectivity index (χ1) is 10.9. The Balaban J connectivity index is 0.00000208. The Kier molecular flexibility index (Phi) is 6.11. The van der Waals surface area contributed by atoms with Crippen LogP contribution in [-0.4, -0.2) is 37.7 Å². The van der Waals surface area contributed by atoms with E-state index in [1.807, 2.05) is 0 Å². The molecule has 2 fully saturated rings. The van der Waals surface area contributed by atoms with Gasteiger partial charge in [-0.1, -0.05) is 18.2 Å². The smallest absolute Gasteiger partial charge is 0.378 e. The molecule has 3 unspecified atom stereocenters. The Morgan fingerprint density at radius 2 is 2.08 bits per heavy atom. The minimum absolute atomic E-state index is 0. The van der Waals surface area contributed by atoms with E-state index in [0.29, 0.717) is 26.2 Å². The molecule has 1 heterocycles. The highest BCUT2D eigenvalue weighted by Gasteiger charge is 2.44. The van der Waals surface area contributed by atoms with Gasteiger partial charge in [0.1, 0.15) is 0 Å². The molecule has 134 valence electrons. The van der Waals surface area contributed by atoms with Crippen LogP contribution in [0.2, 0.25) is 0 Å². The summed E-state index contributed by atoms with van der Waals surface area (Å²) >= 11 is 0. The number of carbonyl (C=O) groups is 1. The number of morpholine rings is 1. The second-order valence-electron chi connectivity index (χ2n) is 6.03. The molecule has 2 aliphatic rings. The van der Waals surface area contributed by atoms with Crippen LogP contribution in [0.1, 0.15) is 29.9 Å². The van der Waals surface area contributed by atoms with Crippen molar-refractivity contribution < 1.29 is 22.7 Å². The third-order valence-electron chi connectivity index (χ3n) is 4.23. The van der Waals surface area contributed by atoms with Gasteiger partial charge in [-0.05, 0) is 18.1 Å². The fourth-order valence-corrected chi connectivity index (χ4v) is 3.02. The molecular weight excluding hydrogens is 345 g/mol. The van der Waals surface area contributed by atoms with Gasteiger partial charge in [0.05, 0.1) is 18.8 Å². The predicted molar refractivity (Wildman–Crippen MR) is 85.2 cm³/mol. The van der Waals surface area contributed by atoms with Gasteiger partial charge in [0.15, 0.2) is 0 Å². The fraction of sp³-hybridized carbons (Fsp3) is 0.562. The van der Waals surface area contributed by atoms with E-state index in [-0.39, 0.29) is 48.3 Å². The van der Waals surface area contributed by atoms with Crippen LogP contribution < -0.4 is 10.6 Å². The van der Waals surface area contributed by atoms with Gasteiger partial charge in [0.25, 0.3) is 0 Å². The van der Waals surface area contributed by atoms with E-state index >= 15 is 0 Å². The van der Waals surface area contributed by atoms with Crippen LogP contribution in [0.5, 0.6) is 0 Å². The molecule has 2 N–H and O–H groups in total. The first kappa shape index (κ1) is 19.0. The van der Waals surface area contributed by atoms with Gasteiger partial charge < -0.3 is 15.4 Å². The molecule has 1 aliphatic heterocycles. The summed E-state index contributed by atoms with van der Waals surface area (Å²) in [6, 6.07) is 5.34. The van der Waals surface area contributed by atoms with Crippen LogP contribution in [0.4, 0.5) is 13.2 Å². The van der Waals surface area contributed by atoms with Gasteiger partial charge >= 0.3 is 6.18 Å². The molecule has 1 saturated heterocycles. The van der Waals surface area contributed by atoms with Crippen LogP contribution in [-0.2, 0) is 15.7 Å². The molecule has 1 aliphatic carbocycles. The van der Waals surface area contributed by atoms with E-state index in [4.69, 9.17) is 4.74 Å². The quantitative estimate of drug-likeness (QED) is 0.863. The first-order valence-corrected chi connectivity index (χ1v) is 7.72. The monoisotopic (exact) mass is 364 g/mol. The highest BCUT2D eigenvalue weighted by molar-refractivity contribution is 5.85. The summed E-state index contributed by atoms with van der Waals surface area (Å²) in [6.07, 6.45) is -3.53. The molecule has 3 atom stereocenters. The largest absolute Gasteiger partial charge is 0.416 e. The minimum atomic E-state index is -4.36. The van der Waals surface area contributed by atoms with Crippen LogP contribution in [0.15, 0.2) is 24.3 Å². The molecule has 3 rings (SSSR count). The summed E-state index contributed by atoms with van der Waals surface area (Å²) < 4.78 is 44.4. The van der Waals surface area contributed by atoms with Crippen LogP contribution >= 0.6 is 12.4 Å². The van der Waals surface area contributed by atoms with E-state index in [1.165, 1.54) is 12.1 Å². The standard InChI is InChI=1S/C16H19F3N2O2.ClH/c17-16(18,19)13-4-2-1-3-11(13)12-8-14(12)21-15(22)7-10-9-23-6-5-20-10;/h1-4,10,12,14,20H,5-9H2,(H,21,22);1H. The van der Waals surface area contributed by atoms with Crippen LogP contribution in [0, 0.1) is 0 Å². The van der Waals surface area contributed by atoms with E-state index < -0.39 is 11.7 Å². The number of nitrogens with one attached hydrogen (secondary N) is 2. The second kappa shape index (κ2) is 7.72. The Morgan fingerprint density at radius 1 is 1.33 bits per heavy atom. The Morgan fingerprint density at radius 3 is 2.75 bits per heavy atom. The van der Waals surface area contributed by atoms with Gasteiger partial charge in [-0.25, -0.2) is 0 Å². The van der Waals surface area contributed by atoms with E-state index in [9.17, 15) is 18.0 Å². The highest BCUT2D eigenvalue weighted by Crippen LogP contribution is 2.46. The second-order valence-corrected chi connectivity index (χ2v) is 6.03. The van der Waals surface area contributed by atoms with Gasteiger partial charge in [0.2, 0.25) is 5.91 Å². The zero-order chi connectivity index (χ0) is 16.4. The Hall–Kier alpha value is -1.31. The van der Waals surface area contributed by atoms with Gasteiger partial charge in [0, 0.05) is 31.0 Å². The lowest BCUT2D eigenvalue weighted by Gasteiger charge is -2.23. The molecular formula is C16H20ClF3N2O2. The van der Waals surface area contributed by atoms with Crippen molar-refractivity contribution in [2.75, 3.05) is 19.8 Å². The number of ether oxygens (including phenoxy) is 1. The number of hydrogen-bond acceptors (Lipinski definition) is 3. The maximum Gasteiger partial charge on any atom is 0.416 e.